The maximum Gasteiger partial charge on any atom is 0.0922 e. The van der Waals surface area contributed by atoms with Gasteiger partial charge >= 0.3 is 0 Å². The fourth-order valence-corrected chi connectivity index (χ4v) is 3.99. The molecule has 19 heavy (non-hydrogen) atoms. The molecule has 3 heteroatoms. The van der Waals surface area contributed by atoms with Crippen molar-refractivity contribution in [3.63, 3.8) is 0 Å². The first-order valence-corrected chi connectivity index (χ1v) is 7.96. The number of aliphatic hydroxyl groups excluding tert-OH is 1. The van der Waals surface area contributed by atoms with Crippen molar-refractivity contribution in [2.24, 2.45) is 0 Å². The van der Waals surface area contributed by atoms with E-state index in [1.54, 1.807) is 11.3 Å². The molecule has 1 heterocycles. The monoisotopic (exact) mass is 292 g/mol. The molecule has 1 N–H and O–H groups in total. The molecule has 0 aliphatic heterocycles. The van der Waals surface area contributed by atoms with Crippen molar-refractivity contribution in [2.45, 2.75) is 38.2 Å². The van der Waals surface area contributed by atoms with Crippen molar-refractivity contribution in [2.75, 3.05) is 0 Å². The van der Waals surface area contributed by atoms with Crippen LogP contribution < -0.4 is 0 Å². The van der Waals surface area contributed by atoms with Crippen molar-refractivity contribution in [1.82, 2.24) is 0 Å². The van der Waals surface area contributed by atoms with E-state index in [0.29, 0.717) is 6.42 Å². The van der Waals surface area contributed by atoms with Crippen LogP contribution in [0.3, 0.4) is 0 Å². The molecule has 1 aromatic heterocycles. The summed E-state index contributed by atoms with van der Waals surface area (Å²) in [7, 11) is 0. The molecule has 0 radical (unpaired) electrons. The summed E-state index contributed by atoms with van der Waals surface area (Å²) in [5.74, 6) is 0. The van der Waals surface area contributed by atoms with Crippen molar-refractivity contribution in [1.29, 1.82) is 0 Å². The van der Waals surface area contributed by atoms with E-state index in [2.05, 4.69) is 6.07 Å². The van der Waals surface area contributed by atoms with Gasteiger partial charge in [-0.2, -0.15) is 0 Å². The predicted octanol–water partition coefficient (Wildman–Crippen LogP) is 4.56. The fraction of sp³-hybridized carbons (Fsp3) is 0.375. The van der Waals surface area contributed by atoms with Crippen molar-refractivity contribution in [3.8, 4) is 0 Å². The highest BCUT2D eigenvalue weighted by atomic mass is 35.5. The standard InChI is InChI=1S/C16H17ClOS/c17-13-7-5-11(6-8-13)9-14(18)16-10-12-3-1-2-4-15(12)19-16/h5-8,10,14,18H,1-4,9H2. The maximum absolute atomic E-state index is 10.4. The minimum Gasteiger partial charge on any atom is -0.387 e. The summed E-state index contributed by atoms with van der Waals surface area (Å²) in [6, 6.07) is 9.93. The highest BCUT2D eigenvalue weighted by Crippen LogP contribution is 2.34. The van der Waals surface area contributed by atoms with Crippen LogP contribution >= 0.6 is 22.9 Å². The van der Waals surface area contributed by atoms with Crippen molar-refractivity contribution < 1.29 is 5.11 Å². The molecule has 1 nitrogen and oxygen atoms in total. The highest BCUT2D eigenvalue weighted by Gasteiger charge is 2.17. The average molecular weight is 293 g/mol. The molecule has 0 saturated heterocycles. The van der Waals surface area contributed by atoms with E-state index < -0.39 is 6.10 Å². The van der Waals surface area contributed by atoms with Crippen molar-refractivity contribution in [3.05, 3.63) is 56.2 Å². The minimum absolute atomic E-state index is 0.392. The number of rotatable bonds is 3. The molecule has 1 aliphatic carbocycles. The van der Waals surface area contributed by atoms with Gasteiger partial charge in [-0.25, -0.2) is 0 Å². The molecule has 2 aromatic rings. The zero-order valence-corrected chi connectivity index (χ0v) is 12.3. The van der Waals surface area contributed by atoms with Gasteiger partial charge in [0.1, 0.15) is 0 Å². The molecule has 3 rings (SSSR count). The van der Waals surface area contributed by atoms with Crippen LogP contribution in [0.5, 0.6) is 0 Å². The average Bonchev–Trinajstić information content (AvgIpc) is 2.85. The van der Waals surface area contributed by atoms with Gasteiger partial charge in [0.2, 0.25) is 0 Å². The van der Waals surface area contributed by atoms with Crippen LogP contribution in [0.25, 0.3) is 0 Å². The van der Waals surface area contributed by atoms with Crippen LogP contribution in [0, 0.1) is 0 Å². The first-order chi connectivity index (χ1) is 9.22. The number of benzene rings is 1. The molecule has 0 spiro atoms. The summed E-state index contributed by atoms with van der Waals surface area (Å²) in [5.41, 5.74) is 2.59. The van der Waals surface area contributed by atoms with E-state index in [0.717, 1.165) is 15.5 Å². The largest absolute Gasteiger partial charge is 0.387 e. The Morgan fingerprint density at radius 1 is 1.16 bits per heavy atom. The fourth-order valence-electron chi connectivity index (χ4n) is 2.62. The summed E-state index contributed by atoms with van der Waals surface area (Å²) in [4.78, 5) is 2.60. The lowest BCUT2D eigenvalue weighted by Gasteiger charge is -2.08. The van der Waals surface area contributed by atoms with Gasteiger partial charge in [-0.3, -0.25) is 0 Å². The third-order valence-electron chi connectivity index (χ3n) is 3.69. The van der Waals surface area contributed by atoms with E-state index in [4.69, 9.17) is 11.6 Å². The van der Waals surface area contributed by atoms with Crippen LogP contribution in [0.4, 0.5) is 0 Å². The van der Waals surface area contributed by atoms with Crippen LogP contribution in [-0.4, -0.2) is 5.11 Å². The molecule has 1 unspecified atom stereocenters. The van der Waals surface area contributed by atoms with Gasteiger partial charge in [-0.1, -0.05) is 23.7 Å². The summed E-state index contributed by atoms with van der Waals surface area (Å²) < 4.78 is 0. The third-order valence-corrected chi connectivity index (χ3v) is 5.28. The Balaban J connectivity index is 1.74. The quantitative estimate of drug-likeness (QED) is 0.879. The van der Waals surface area contributed by atoms with Gasteiger partial charge in [0.05, 0.1) is 6.10 Å². The second-order valence-corrected chi connectivity index (χ2v) is 6.76. The summed E-state index contributed by atoms with van der Waals surface area (Å²) in [6.45, 7) is 0. The number of aliphatic hydroxyl groups is 1. The molecule has 1 aliphatic rings. The minimum atomic E-state index is -0.392. The topological polar surface area (TPSA) is 20.2 Å². The van der Waals surface area contributed by atoms with Gasteiger partial charge in [0, 0.05) is 21.2 Å². The van der Waals surface area contributed by atoms with Crippen LogP contribution in [0.15, 0.2) is 30.3 Å². The Morgan fingerprint density at radius 2 is 1.89 bits per heavy atom. The SMILES string of the molecule is OC(Cc1ccc(Cl)cc1)c1cc2c(s1)CCCC2. The summed E-state index contributed by atoms with van der Waals surface area (Å²) >= 11 is 7.66. The lowest BCUT2D eigenvalue weighted by Crippen LogP contribution is -1.99. The molecule has 0 amide bonds. The molecule has 0 saturated carbocycles. The number of hydrogen-bond donors (Lipinski definition) is 1. The number of hydrogen-bond acceptors (Lipinski definition) is 2. The van der Waals surface area contributed by atoms with E-state index in [9.17, 15) is 5.11 Å². The smallest absolute Gasteiger partial charge is 0.0922 e. The van der Waals surface area contributed by atoms with Gasteiger partial charge in [-0.05, 0) is 55.0 Å². The van der Waals surface area contributed by atoms with E-state index in [1.165, 1.54) is 36.1 Å². The lowest BCUT2D eigenvalue weighted by molar-refractivity contribution is 0.182. The second kappa shape index (κ2) is 5.66. The highest BCUT2D eigenvalue weighted by molar-refractivity contribution is 7.12. The summed E-state index contributed by atoms with van der Waals surface area (Å²) in [6.07, 6.45) is 5.22. The number of thiophene rings is 1. The Morgan fingerprint density at radius 3 is 2.63 bits per heavy atom. The zero-order chi connectivity index (χ0) is 13.2. The molecule has 0 bridgehead atoms. The Kier molecular flexibility index (Phi) is 3.92. The lowest BCUT2D eigenvalue weighted by atomic mass is 9.98. The van der Waals surface area contributed by atoms with Crippen molar-refractivity contribution >= 4 is 22.9 Å². The van der Waals surface area contributed by atoms with Gasteiger partial charge in [0.25, 0.3) is 0 Å². The zero-order valence-electron chi connectivity index (χ0n) is 10.7. The Labute approximate surface area is 122 Å². The van der Waals surface area contributed by atoms with Gasteiger partial charge in [0.15, 0.2) is 0 Å². The van der Waals surface area contributed by atoms with Crippen LogP contribution in [-0.2, 0) is 19.3 Å². The molecule has 100 valence electrons. The van der Waals surface area contributed by atoms with E-state index in [1.807, 2.05) is 24.3 Å². The molecule has 0 fully saturated rings. The first-order valence-electron chi connectivity index (χ1n) is 6.76. The number of aryl methyl sites for hydroxylation is 2. The van der Waals surface area contributed by atoms with E-state index in [-0.39, 0.29) is 0 Å². The Hall–Kier alpha value is -0.830. The van der Waals surface area contributed by atoms with Crippen LogP contribution in [0.2, 0.25) is 5.02 Å². The van der Waals surface area contributed by atoms with Gasteiger partial charge < -0.3 is 5.11 Å². The molecular weight excluding hydrogens is 276 g/mol. The predicted molar refractivity (Wildman–Crippen MR) is 81.1 cm³/mol. The maximum atomic E-state index is 10.4. The summed E-state index contributed by atoms with van der Waals surface area (Å²) in [5, 5.41) is 11.1. The van der Waals surface area contributed by atoms with Gasteiger partial charge in [-0.15, -0.1) is 11.3 Å². The number of fused-ring (bicyclic) bond motifs is 1. The molecule has 1 aromatic carbocycles. The molecule has 1 atom stereocenters. The first kappa shape index (κ1) is 13.2. The Bertz CT molecular complexity index is 535. The molecular formula is C16H17ClOS. The normalized spacial score (nSPS) is 16.1. The third kappa shape index (κ3) is 3.02. The number of halogens is 1. The van der Waals surface area contributed by atoms with Crippen LogP contribution in [0.1, 0.15) is 39.8 Å². The second-order valence-electron chi connectivity index (χ2n) is 5.15. The van der Waals surface area contributed by atoms with E-state index >= 15 is 0 Å².